The molecule has 0 saturated carbocycles. The van der Waals surface area contributed by atoms with E-state index in [0.29, 0.717) is 4.83 Å². The molecular formula is C18H17F5NO5P. The van der Waals surface area contributed by atoms with E-state index >= 15 is 0 Å². The molecule has 2 atom stereocenters. The Balaban J connectivity index is 2.39. The van der Waals surface area contributed by atoms with Gasteiger partial charge in [0.15, 0.2) is 6.04 Å². The van der Waals surface area contributed by atoms with Crippen molar-refractivity contribution in [2.24, 2.45) is 0 Å². The quantitative estimate of drug-likeness (QED) is 0.143. The van der Waals surface area contributed by atoms with Crippen molar-refractivity contribution in [3.05, 3.63) is 59.4 Å². The molecule has 30 heavy (non-hydrogen) atoms. The second-order valence-electron chi connectivity index (χ2n) is 6.16. The SMILES string of the molecule is CC(C)OC(=O)C(C)N(Oc1ccccc1)[PH](=O)Oc1c(F)c(F)c(F)c(F)c1F. The van der Waals surface area contributed by atoms with Crippen LogP contribution in [0.25, 0.3) is 0 Å². The molecular weight excluding hydrogens is 436 g/mol. The van der Waals surface area contributed by atoms with Crippen molar-refractivity contribution < 1.29 is 45.4 Å². The first-order valence-electron chi connectivity index (χ1n) is 8.50. The molecule has 0 aliphatic rings. The summed E-state index contributed by atoms with van der Waals surface area (Å²) in [5.74, 6) is -14.2. The van der Waals surface area contributed by atoms with Crippen LogP contribution in [0, 0.1) is 29.1 Å². The van der Waals surface area contributed by atoms with Crippen LogP contribution in [0.4, 0.5) is 22.0 Å². The number of nitrogens with zero attached hydrogens (tertiary/aromatic N) is 1. The maximum absolute atomic E-state index is 13.9. The average Bonchev–Trinajstić information content (AvgIpc) is 2.71. The molecule has 0 amide bonds. The van der Waals surface area contributed by atoms with Crippen molar-refractivity contribution in [3.8, 4) is 11.5 Å². The number of carbonyl (C=O) groups is 1. The topological polar surface area (TPSA) is 65.1 Å². The lowest BCUT2D eigenvalue weighted by atomic mass is 10.3. The second-order valence-corrected chi connectivity index (χ2v) is 7.34. The van der Waals surface area contributed by atoms with Crippen LogP contribution in [-0.2, 0) is 14.1 Å². The van der Waals surface area contributed by atoms with Gasteiger partial charge >= 0.3 is 14.1 Å². The lowest BCUT2D eigenvalue weighted by molar-refractivity contribution is -0.158. The molecule has 0 aliphatic heterocycles. The van der Waals surface area contributed by atoms with Crippen LogP contribution in [0.2, 0.25) is 0 Å². The maximum Gasteiger partial charge on any atom is 0.341 e. The summed E-state index contributed by atoms with van der Waals surface area (Å²) >= 11 is 0. The first-order chi connectivity index (χ1) is 14.0. The van der Waals surface area contributed by atoms with Crippen molar-refractivity contribution in [3.63, 3.8) is 0 Å². The molecule has 2 aromatic carbocycles. The van der Waals surface area contributed by atoms with E-state index in [1.165, 1.54) is 31.2 Å². The van der Waals surface area contributed by atoms with Gasteiger partial charge in [-0.3, -0.25) is 9.36 Å². The normalized spacial score (nSPS) is 13.3. The van der Waals surface area contributed by atoms with Crippen molar-refractivity contribution in [2.45, 2.75) is 32.9 Å². The molecule has 0 aliphatic carbocycles. The van der Waals surface area contributed by atoms with Gasteiger partial charge in [0, 0.05) is 0 Å². The minimum Gasteiger partial charge on any atom is -0.462 e. The summed E-state index contributed by atoms with van der Waals surface area (Å²) in [5.41, 5.74) is 0. The zero-order valence-electron chi connectivity index (χ0n) is 15.9. The molecule has 164 valence electrons. The zero-order valence-corrected chi connectivity index (χ0v) is 16.9. The number of hydroxylamine groups is 1. The van der Waals surface area contributed by atoms with Gasteiger partial charge in [-0.25, -0.2) is 13.2 Å². The predicted octanol–water partition coefficient (Wildman–Crippen LogP) is 4.79. The fourth-order valence-electron chi connectivity index (χ4n) is 2.10. The second kappa shape index (κ2) is 9.90. The molecule has 0 bridgehead atoms. The summed E-state index contributed by atoms with van der Waals surface area (Å²) < 4.78 is 89.8. The third kappa shape index (κ3) is 5.28. The van der Waals surface area contributed by atoms with Crippen LogP contribution in [0.3, 0.4) is 0 Å². The zero-order chi connectivity index (χ0) is 22.6. The fourth-order valence-corrected chi connectivity index (χ4v) is 3.15. The number of esters is 1. The number of benzene rings is 2. The Morgan fingerprint density at radius 2 is 1.40 bits per heavy atom. The molecule has 0 aromatic heterocycles. The molecule has 12 heteroatoms. The summed E-state index contributed by atoms with van der Waals surface area (Å²) in [6, 6.07) is 6.07. The minimum absolute atomic E-state index is 0.0565. The highest BCUT2D eigenvalue weighted by Crippen LogP contribution is 2.39. The van der Waals surface area contributed by atoms with Gasteiger partial charge in [0.1, 0.15) is 5.75 Å². The maximum atomic E-state index is 13.9. The third-order valence-electron chi connectivity index (χ3n) is 3.53. The van der Waals surface area contributed by atoms with E-state index in [2.05, 4.69) is 4.52 Å². The highest BCUT2D eigenvalue weighted by Gasteiger charge is 2.34. The van der Waals surface area contributed by atoms with Crippen LogP contribution in [0.1, 0.15) is 20.8 Å². The van der Waals surface area contributed by atoms with E-state index in [9.17, 15) is 31.3 Å². The van der Waals surface area contributed by atoms with Crippen LogP contribution in [0.15, 0.2) is 30.3 Å². The molecule has 0 saturated heterocycles. The molecule has 2 rings (SSSR count). The van der Waals surface area contributed by atoms with E-state index < -0.39 is 61.1 Å². The van der Waals surface area contributed by atoms with Gasteiger partial charge < -0.3 is 14.1 Å². The molecule has 0 fully saturated rings. The number of halogens is 5. The highest BCUT2D eigenvalue weighted by molar-refractivity contribution is 7.36. The molecule has 6 nitrogen and oxygen atoms in total. The van der Waals surface area contributed by atoms with Gasteiger partial charge in [-0.2, -0.15) is 8.78 Å². The molecule has 2 aromatic rings. The number of para-hydroxylation sites is 1. The molecule has 0 radical (unpaired) electrons. The number of hydrogen-bond donors (Lipinski definition) is 0. The highest BCUT2D eigenvalue weighted by atomic mass is 31.1. The molecule has 0 N–H and O–H groups in total. The smallest absolute Gasteiger partial charge is 0.341 e. The first-order valence-corrected chi connectivity index (χ1v) is 9.76. The summed E-state index contributed by atoms with van der Waals surface area (Å²) in [5, 5.41) is 0. The number of rotatable bonds is 8. The van der Waals surface area contributed by atoms with Crippen molar-refractivity contribution in [1.29, 1.82) is 0 Å². The molecule has 0 heterocycles. The van der Waals surface area contributed by atoms with E-state index in [-0.39, 0.29) is 5.75 Å². The number of carbonyl (C=O) groups excluding carboxylic acids is 1. The van der Waals surface area contributed by atoms with Gasteiger partial charge in [0.05, 0.1) is 6.10 Å². The van der Waals surface area contributed by atoms with Crippen molar-refractivity contribution >= 4 is 14.1 Å². The van der Waals surface area contributed by atoms with Crippen molar-refractivity contribution in [2.75, 3.05) is 0 Å². The predicted molar refractivity (Wildman–Crippen MR) is 95.5 cm³/mol. The number of hydrogen-bond acceptors (Lipinski definition) is 5. The van der Waals surface area contributed by atoms with Gasteiger partial charge in [0.2, 0.25) is 34.8 Å². The summed E-state index contributed by atoms with van der Waals surface area (Å²) in [4.78, 5) is 17.9. The lowest BCUT2D eigenvalue weighted by Crippen LogP contribution is -2.39. The van der Waals surface area contributed by atoms with Crippen LogP contribution in [-0.4, -0.2) is 22.9 Å². The third-order valence-corrected chi connectivity index (χ3v) is 4.75. The van der Waals surface area contributed by atoms with Gasteiger partial charge in [-0.1, -0.05) is 18.2 Å². The standard InChI is InChI=1S/C18H17F5NO5P/c1-9(2)27-18(25)10(3)24(28-11-7-5-4-6-8-11)30(26)29-17-15(22)13(20)12(19)14(21)16(17)23/h4-10,30H,1-3H3. The summed E-state index contributed by atoms with van der Waals surface area (Å²) in [7, 11) is -3.92. The largest absolute Gasteiger partial charge is 0.462 e. The minimum atomic E-state index is -3.92. The summed E-state index contributed by atoms with van der Waals surface area (Å²) in [6.07, 6.45) is -0.558. The average molecular weight is 453 g/mol. The lowest BCUT2D eigenvalue weighted by Gasteiger charge is -2.26. The Kier molecular flexibility index (Phi) is 7.80. The Morgan fingerprint density at radius 3 is 1.90 bits per heavy atom. The molecule has 2 unspecified atom stereocenters. The Morgan fingerprint density at radius 1 is 0.900 bits per heavy atom. The van der Waals surface area contributed by atoms with Crippen LogP contribution in [0.5, 0.6) is 11.5 Å². The van der Waals surface area contributed by atoms with Gasteiger partial charge in [-0.15, -0.1) is 0 Å². The Labute approximate surface area is 169 Å². The van der Waals surface area contributed by atoms with Gasteiger partial charge in [-0.05, 0) is 37.7 Å². The molecule has 0 spiro atoms. The van der Waals surface area contributed by atoms with Crippen LogP contribution < -0.4 is 9.36 Å². The van der Waals surface area contributed by atoms with E-state index in [4.69, 9.17) is 9.57 Å². The van der Waals surface area contributed by atoms with E-state index in [0.717, 1.165) is 0 Å². The van der Waals surface area contributed by atoms with Crippen molar-refractivity contribution in [1.82, 2.24) is 4.83 Å². The number of ether oxygens (including phenoxy) is 1. The van der Waals surface area contributed by atoms with Gasteiger partial charge in [0.25, 0.3) is 0 Å². The fraction of sp³-hybridized carbons (Fsp3) is 0.278. The summed E-state index contributed by atoms with van der Waals surface area (Å²) in [6.45, 7) is 4.28. The van der Waals surface area contributed by atoms with E-state index in [1.807, 2.05) is 0 Å². The Hall–Kier alpha value is -2.65. The monoisotopic (exact) mass is 453 g/mol. The van der Waals surface area contributed by atoms with E-state index in [1.54, 1.807) is 19.9 Å². The first kappa shape index (κ1) is 23.6. The Bertz CT molecular complexity index is 915. The van der Waals surface area contributed by atoms with Crippen LogP contribution >= 0.6 is 8.18 Å².